The Bertz CT molecular complexity index is 700. The molecule has 5 nitrogen and oxygen atoms in total. The first kappa shape index (κ1) is 18.3. The van der Waals surface area contributed by atoms with E-state index in [9.17, 15) is 14.0 Å². The predicted molar refractivity (Wildman–Crippen MR) is 102 cm³/mol. The van der Waals surface area contributed by atoms with Crippen LogP contribution in [0.25, 0.3) is 0 Å². The van der Waals surface area contributed by atoms with Crippen molar-refractivity contribution in [1.82, 2.24) is 9.80 Å². The molecule has 1 aromatic rings. The van der Waals surface area contributed by atoms with Gasteiger partial charge in [-0.1, -0.05) is 6.92 Å². The lowest BCUT2D eigenvalue weighted by Crippen LogP contribution is -2.49. The number of piperidine rings is 1. The summed E-state index contributed by atoms with van der Waals surface area (Å²) in [6, 6.07) is 6.49. The third-order valence-electron chi connectivity index (χ3n) is 6.18. The monoisotopic (exact) mass is 373 g/mol. The number of anilines is 1. The maximum absolute atomic E-state index is 13.1. The molecule has 2 amide bonds. The Morgan fingerprint density at radius 2 is 1.56 bits per heavy atom. The van der Waals surface area contributed by atoms with Gasteiger partial charge in [-0.3, -0.25) is 9.59 Å². The number of halogens is 1. The topological polar surface area (TPSA) is 43.9 Å². The second-order valence-electron chi connectivity index (χ2n) is 8.27. The van der Waals surface area contributed by atoms with Gasteiger partial charge in [0, 0.05) is 45.0 Å². The van der Waals surface area contributed by atoms with Crippen molar-refractivity contribution >= 4 is 17.5 Å². The molecule has 27 heavy (non-hydrogen) atoms. The van der Waals surface area contributed by atoms with Crippen LogP contribution in [-0.4, -0.2) is 60.9 Å². The molecule has 0 radical (unpaired) electrons. The molecule has 0 bridgehead atoms. The van der Waals surface area contributed by atoms with Gasteiger partial charge in [0.25, 0.3) is 0 Å². The molecule has 0 spiro atoms. The van der Waals surface area contributed by atoms with Gasteiger partial charge in [0.1, 0.15) is 5.82 Å². The van der Waals surface area contributed by atoms with Crippen LogP contribution in [0.3, 0.4) is 0 Å². The van der Waals surface area contributed by atoms with Gasteiger partial charge in [-0.15, -0.1) is 0 Å². The van der Waals surface area contributed by atoms with E-state index in [1.54, 1.807) is 12.1 Å². The number of carbonyl (C=O) groups excluding carboxylic acids is 2. The largest absolute Gasteiger partial charge is 0.368 e. The Hall–Kier alpha value is -2.11. The molecule has 3 unspecified atom stereocenters. The number of hydrogen-bond donors (Lipinski definition) is 0. The van der Waals surface area contributed by atoms with Crippen molar-refractivity contribution in [1.29, 1.82) is 0 Å². The highest BCUT2D eigenvalue weighted by atomic mass is 19.1. The molecule has 1 aliphatic carbocycles. The van der Waals surface area contributed by atoms with Crippen LogP contribution in [0.2, 0.25) is 0 Å². The zero-order valence-electron chi connectivity index (χ0n) is 15.9. The van der Waals surface area contributed by atoms with Gasteiger partial charge in [-0.2, -0.15) is 0 Å². The first-order valence-electron chi connectivity index (χ1n) is 10.1. The van der Waals surface area contributed by atoms with Crippen LogP contribution in [0.15, 0.2) is 24.3 Å². The minimum absolute atomic E-state index is 0.0991. The van der Waals surface area contributed by atoms with Crippen molar-refractivity contribution in [2.45, 2.75) is 26.2 Å². The summed E-state index contributed by atoms with van der Waals surface area (Å²) in [7, 11) is 0. The van der Waals surface area contributed by atoms with E-state index in [0.717, 1.165) is 38.3 Å². The van der Waals surface area contributed by atoms with Gasteiger partial charge in [0.2, 0.25) is 11.8 Å². The SMILES string of the molecule is CC1CCCN(C(=O)C2CC2C(=O)N2CCN(c3ccc(F)cc3)CC2)C1. The van der Waals surface area contributed by atoms with E-state index in [1.807, 2.05) is 9.80 Å². The molecule has 3 fully saturated rings. The molecule has 3 atom stereocenters. The predicted octanol–water partition coefficient (Wildman–Crippen LogP) is 2.37. The summed E-state index contributed by atoms with van der Waals surface area (Å²) in [5.74, 6) is 0.433. The maximum Gasteiger partial charge on any atom is 0.226 e. The molecule has 0 aromatic heterocycles. The Morgan fingerprint density at radius 3 is 2.19 bits per heavy atom. The third-order valence-corrected chi connectivity index (χ3v) is 6.18. The summed E-state index contributed by atoms with van der Waals surface area (Å²) in [6.45, 7) is 6.68. The van der Waals surface area contributed by atoms with E-state index in [1.165, 1.54) is 18.6 Å². The zero-order valence-corrected chi connectivity index (χ0v) is 15.9. The van der Waals surface area contributed by atoms with Crippen LogP contribution < -0.4 is 4.90 Å². The standard InChI is InChI=1S/C21H28FN3O2/c1-15-3-2-8-25(14-15)21(27)19-13-18(19)20(26)24-11-9-23(10-12-24)17-6-4-16(22)5-7-17/h4-7,15,18-19H,2-3,8-14H2,1H3. The molecule has 6 heteroatoms. The molecule has 2 heterocycles. The lowest BCUT2D eigenvalue weighted by Gasteiger charge is -2.36. The summed E-state index contributed by atoms with van der Waals surface area (Å²) in [4.78, 5) is 31.5. The lowest BCUT2D eigenvalue weighted by atomic mass is 10.00. The average Bonchev–Trinajstić information content (AvgIpc) is 3.48. The summed E-state index contributed by atoms with van der Waals surface area (Å²) < 4.78 is 13.1. The Morgan fingerprint density at radius 1 is 0.926 bits per heavy atom. The van der Waals surface area contributed by atoms with Crippen molar-refractivity contribution < 1.29 is 14.0 Å². The first-order chi connectivity index (χ1) is 13.0. The Labute approximate surface area is 160 Å². The minimum atomic E-state index is -0.236. The van der Waals surface area contributed by atoms with Crippen molar-refractivity contribution in [2.75, 3.05) is 44.2 Å². The Balaban J connectivity index is 1.28. The smallest absolute Gasteiger partial charge is 0.226 e. The molecule has 0 N–H and O–H groups in total. The second-order valence-corrected chi connectivity index (χ2v) is 8.27. The maximum atomic E-state index is 13.1. The van der Waals surface area contributed by atoms with E-state index in [2.05, 4.69) is 11.8 Å². The second kappa shape index (κ2) is 7.49. The van der Waals surface area contributed by atoms with Gasteiger partial charge >= 0.3 is 0 Å². The normalized spacial score (nSPS) is 28.2. The molecule has 4 rings (SSSR count). The van der Waals surface area contributed by atoms with E-state index in [0.29, 0.717) is 25.4 Å². The Kier molecular flexibility index (Phi) is 5.06. The summed E-state index contributed by atoms with van der Waals surface area (Å²) >= 11 is 0. The van der Waals surface area contributed by atoms with Crippen LogP contribution in [0.5, 0.6) is 0 Å². The highest BCUT2D eigenvalue weighted by Crippen LogP contribution is 2.42. The summed E-state index contributed by atoms with van der Waals surface area (Å²) in [5.41, 5.74) is 0.988. The molecule has 2 aliphatic heterocycles. The molecular weight excluding hydrogens is 345 g/mol. The first-order valence-corrected chi connectivity index (χ1v) is 10.1. The average molecular weight is 373 g/mol. The molecular formula is C21H28FN3O2. The van der Waals surface area contributed by atoms with Gasteiger partial charge in [-0.05, 0) is 49.4 Å². The highest BCUT2D eigenvalue weighted by molar-refractivity contribution is 5.92. The quantitative estimate of drug-likeness (QED) is 0.817. The van der Waals surface area contributed by atoms with Crippen LogP contribution in [0, 0.1) is 23.6 Å². The zero-order chi connectivity index (χ0) is 19.0. The van der Waals surface area contributed by atoms with Crippen LogP contribution >= 0.6 is 0 Å². The minimum Gasteiger partial charge on any atom is -0.368 e. The number of likely N-dealkylation sites (tertiary alicyclic amines) is 1. The van der Waals surface area contributed by atoms with E-state index in [4.69, 9.17) is 0 Å². The molecule has 1 saturated carbocycles. The molecule has 2 saturated heterocycles. The fourth-order valence-electron chi connectivity index (χ4n) is 4.44. The number of rotatable bonds is 3. The third kappa shape index (κ3) is 3.94. The van der Waals surface area contributed by atoms with Crippen LogP contribution in [0.1, 0.15) is 26.2 Å². The highest BCUT2D eigenvalue weighted by Gasteiger charge is 2.51. The number of hydrogen-bond acceptors (Lipinski definition) is 3. The van der Waals surface area contributed by atoms with Gasteiger partial charge in [-0.25, -0.2) is 4.39 Å². The fourth-order valence-corrected chi connectivity index (χ4v) is 4.44. The van der Waals surface area contributed by atoms with Crippen molar-refractivity contribution in [2.24, 2.45) is 17.8 Å². The number of amides is 2. The van der Waals surface area contributed by atoms with Gasteiger partial charge in [0.15, 0.2) is 0 Å². The molecule has 3 aliphatic rings. The summed E-state index contributed by atoms with van der Waals surface area (Å²) in [6.07, 6.45) is 2.97. The van der Waals surface area contributed by atoms with Crippen LogP contribution in [0.4, 0.5) is 10.1 Å². The van der Waals surface area contributed by atoms with Crippen molar-refractivity contribution in [3.63, 3.8) is 0 Å². The van der Waals surface area contributed by atoms with Crippen molar-refractivity contribution in [3.05, 3.63) is 30.1 Å². The fraction of sp³-hybridized carbons (Fsp3) is 0.619. The van der Waals surface area contributed by atoms with Crippen LogP contribution in [-0.2, 0) is 9.59 Å². The number of piperazine rings is 1. The van der Waals surface area contributed by atoms with Crippen molar-refractivity contribution in [3.8, 4) is 0 Å². The summed E-state index contributed by atoms with van der Waals surface area (Å²) in [5, 5.41) is 0. The van der Waals surface area contributed by atoms with E-state index < -0.39 is 0 Å². The lowest BCUT2D eigenvalue weighted by molar-refractivity contribution is -0.139. The van der Waals surface area contributed by atoms with E-state index in [-0.39, 0.29) is 29.5 Å². The number of carbonyl (C=O) groups is 2. The number of benzene rings is 1. The number of nitrogens with zero attached hydrogens (tertiary/aromatic N) is 3. The van der Waals surface area contributed by atoms with Gasteiger partial charge < -0.3 is 14.7 Å². The molecule has 146 valence electrons. The molecule has 1 aromatic carbocycles. The van der Waals surface area contributed by atoms with Gasteiger partial charge in [0.05, 0.1) is 11.8 Å². The van der Waals surface area contributed by atoms with E-state index >= 15 is 0 Å².